The molecule has 0 fully saturated rings. The number of fused-ring (bicyclic) bond motifs is 1. The number of hydrogen-bond donors (Lipinski definition) is 1. The number of halogens is 1. The van der Waals surface area contributed by atoms with Crippen LogP contribution in [-0.2, 0) is 4.79 Å². The van der Waals surface area contributed by atoms with Gasteiger partial charge in [-0.15, -0.1) is 0 Å². The lowest BCUT2D eigenvalue weighted by Crippen LogP contribution is -2.47. The quantitative estimate of drug-likeness (QED) is 0.668. The Kier molecular flexibility index (Phi) is 7.16. The van der Waals surface area contributed by atoms with Gasteiger partial charge in [0.05, 0.1) is 17.7 Å². The van der Waals surface area contributed by atoms with Crippen LogP contribution in [0.4, 0.5) is 0 Å². The monoisotopic (exact) mass is 426 g/mol. The molecule has 1 heterocycles. The molecular weight excluding hydrogens is 400 g/mol. The molecule has 3 rings (SSSR count). The number of para-hydroxylation sites is 1. The summed E-state index contributed by atoms with van der Waals surface area (Å²) in [7, 11) is 1.63. The molecule has 0 radical (unpaired) electrons. The lowest BCUT2D eigenvalue weighted by atomic mass is 10.0. The molecule has 1 aliphatic heterocycles. The highest BCUT2D eigenvalue weighted by Gasteiger charge is 2.27. The number of nitrogens with one attached hydrogen (secondary N) is 1. The summed E-state index contributed by atoms with van der Waals surface area (Å²) in [5.41, 5.74) is 1.36. The second kappa shape index (κ2) is 9.81. The molecule has 1 aliphatic rings. The van der Waals surface area contributed by atoms with E-state index in [-0.39, 0.29) is 24.0 Å². The first-order valence-electron chi connectivity index (χ1n) is 10.1. The zero-order valence-corrected chi connectivity index (χ0v) is 18.2. The third-order valence-electron chi connectivity index (χ3n) is 5.30. The summed E-state index contributed by atoms with van der Waals surface area (Å²) in [5.74, 6) is 0.0390. The van der Waals surface area contributed by atoms with Crippen LogP contribution >= 0.6 is 11.6 Å². The Balaban J connectivity index is 1.93. The topological polar surface area (TPSA) is 58.6 Å². The minimum atomic E-state index is -0.656. The normalized spacial score (nSPS) is 24.3. The van der Waals surface area contributed by atoms with E-state index in [1.807, 2.05) is 43.3 Å². The smallest absolute Gasteiger partial charge is 0.258 e. The van der Waals surface area contributed by atoms with E-state index < -0.39 is 6.04 Å². The summed E-state index contributed by atoms with van der Waals surface area (Å²) in [6, 6.07) is 13.7. The van der Waals surface area contributed by atoms with Gasteiger partial charge in [0.1, 0.15) is 11.8 Å². The summed E-state index contributed by atoms with van der Waals surface area (Å²) in [5, 5.41) is 3.69. The molecule has 0 saturated carbocycles. The number of nitrogens with zero attached hydrogens (tertiary/aromatic N) is 1. The summed E-state index contributed by atoms with van der Waals surface area (Å²) in [4.78, 5) is 27.5. The molecule has 0 saturated heterocycles. The molecule has 3 atom stereocenters. The van der Waals surface area contributed by atoms with Crippen molar-refractivity contribution >= 4 is 23.4 Å². The van der Waals surface area contributed by atoms with E-state index in [1.54, 1.807) is 38.2 Å². The Hall–Kier alpha value is -2.79. The second-order valence-electron chi connectivity index (χ2n) is 7.58. The van der Waals surface area contributed by atoms with Crippen LogP contribution in [0.5, 0.6) is 5.75 Å². The maximum atomic E-state index is 13.1. The molecule has 0 unspecified atom stereocenters. The zero-order valence-electron chi connectivity index (χ0n) is 17.5. The predicted molar refractivity (Wildman–Crippen MR) is 119 cm³/mol. The molecule has 30 heavy (non-hydrogen) atoms. The molecular formula is C24H27ClN2O3. The zero-order chi connectivity index (χ0) is 21.7. The number of amides is 2. The van der Waals surface area contributed by atoms with Gasteiger partial charge in [-0.1, -0.05) is 48.0 Å². The van der Waals surface area contributed by atoms with E-state index in [0.29, 0.717) is 29.2 Å². The molecule has 0 aliphatic carbocycles. The van der Waals surface area contributed by atoms with Gasteiger partial charge in [-0.2, -0.15) is 0 Å². The van der Waals surface area contributed by atoms with Crippen LogP contribution in [0, 0.1) is 0 Å². The number of hydrogen-bond acceptors (Lipinski definition) is 3. The maximum absolute atomic E-state index is 13.1. The number of rotatable bonds is 1. The summed E-state index contributed by atoms with van der Waals surface area (Å²) < 4.78 is 6.03. The van der Waals surface area contributed by atoms with Crippen LogP contribution < -0.4 is 10.1 Å². The van der Waals surface area contributed by atoms with Gasteiger partial charge in [-0.05, 0) is 50.1 Å². The van der Waals surface area contributed by atoms with E-state index in [9.17, 15) is 9.59 Å². The fourth-order valence-electron chi connectivity index (χ4n) is 3.37. The van der Waals surface area contributed by atoms with E-state index in [2.05, 4.69) is 5.32 Å². The standard InChI is InChI=1S/C24H27ClN2O3/c1-16-9-4-6-13-21(18-10-8-11-19(25)15-18)26-23(28)17(2)27(3)24(29)20-12-5-7-14-22(20)30-16/h4-8,10-12,14-17,21H,9,13H2,1-3H3,(H,26,28)/b6-4+/t16-,17+,21-/m1/s1. The first-order chi connectivity index (χ1) is 14.4. The second-order valence-corrected chi connectivity index (χ2v) is 8.01. The minimum absolute atomic E-state index is 0.0971. The molecule has 2 amide bonds. The van der Waals surface area contributed by atoms with Crippen LogP contribution in [0.1, 0.15) is 48.7 Å². The number of carbonyl (C=O) groups is 2. The highest BCUT2D eigenvalue weighted by Crippen LogP contribution is 2.25. The van der Waals surface area contributed by atoms with Crippen LogP contribution in [-0.4, -0.2) is 35.9 Å². The average Bonchev–Trinajstić information content (AvgIpc) is 2.74. The van der Waals surface area contributed by atoms with Gasteiger partial charge in [-0.3, -0.25) is 9.59 Å². The van der Waals surface area contributed by atoms with Crippen molar-refractivity contribution in [2.75, 3.05) is 7.05 Å². The van der Waals surface area contributed by atoms with Crippen molar-refractivity contribution < 1.29 is 14.3 Å². The number of benzene rings is 2. The number of carbonyl (C=O) groups excluding carboxylic acids is 2. The van der Waals surface area contributed by atoms with Gasteiger partial charge < -0.3 is 15.0 Å². The van der Waals surface area contributed by atoms with Crippen molar-refractivity contribution in [1.29, 1.82) is 0 Å². The first kappa shape index (κ1) is 21.9. The molecule has 0 aromatic heterocycles. The molecule has 0 bridgehead atoms. The van der Waals surface area contributed by atoms with Crippen molar-refractivity contribution in [3.63, 3.8) is 0 Å². The Bertz CT molecular complexity index is 944. The summed E-state index contributed by atoms with van der Waals surface area (Å²) in [6.45, 7) is 3.69. The van der Waals surface area contributed by atoms with Gasteiger partial charge in [0.2, 0.25) is 5.91 Å². The van der Waals surface area contributed by atoms with Crippen LogP contribution in [0.15, 0.2) is 60.7 Å². The Morgan fingerprint density at radius 2 is 1.77 bits per heavy atom. The van der Waals surface area contributed by atoms with Crippen molar-refractivity contribution in [2.45, 2.75) is 44.9 Å². The van der Waals surface area contributed by atoms with Crippen molar-refractivity contribution in [1.82, 2.24) is 10.2 Å². The van der Waals surface area contributed by atoms with Crippen molar-refractivity contribution in [2.24, 2.45) is 0 Å². The molecule has 6 heteroatoms. The van der Waals surface area contributed by atoms with Crippen LogP contribution in [0.3, 0.4) is 0 Å². The Morgan fingerprint density at radius 1 is 1.03 bits per heavy atom. The fourth-order valence-corrected chi connectivity index (χ4v) is 3.57. The molecule has 1 N–H and O–H groups in total. The fraction of sp³-hybridized carbons (Fsp3) is 0.333. The molecule has 158 valence electrons. The molecule has 0 spiro atoms. The summed E-state index contributed by atoms with van der Waals surface area (Å²) in [6.07, 6.45) is 5.29. The highest BCUT2D eigenvalue weighted by molar-refractivity contribution is 6.30. The van der Waals surface area contributed by atoms with Gasteiger partial charge in [0, 0.05) is 18.5 Å². The molecule has 2 aromatic carbocycles. The number of likely N-dealkylation sites (N-methyl/N-ethyl adjacent to an activating group) is 1. The third-order valence-corrected chi connectivity index (χ3v) is 5.54. The van der Waals surface area contributed by atoms with Gasteiger partial charge in [-0.25, -0.2) is 0 Å². The largest absolute Gasteiger partial charge is 0.490 e. The van der Waals surface area contributed by atoms with Crippen molar-refractivity contribution in [3.05, 3.63) is 76.8 Å². The van der Waals surface area contributed by atoms with Gasteiger partial charge >= 0.3 is 0 Å². The average molecular weight is 427 g/mol. The maximum Gasteiger partial charge on any atom is 0.258 e. The Labute approximate surface area is 182 Å². The van der Waals surface area contributed by atoms with Gasteiger partial charge in [0.25, 0.3) is 5.91 Å². The van der Waals surface area contributed by atoms with E-state index >= 15 is 0 Å². The molecule has 2 aromatic rings. The summed E-state index contributed by atoms with van der Waals surface area (Å²) >= 11 is 6.16. The third kappa shape index (κ3) is 5.22. The van der Waals surface area contributed by atoms with E-state index in [0.717, 1.165) is 5.56 Å². The van der Waals surface area contributed by atoms with Gasteiger partial charge in [0.15, 0.2) is 0 Å². The molecule has 5 nitrogen and oxygen atoms in total. The SMILES string of the molecule is C[C@@H]1C/C=C/C[C@H](c2cccc(Cl)c2)NC(=O)[C@H](C)N(C)C(=O)c2ccccc2O1. The lowest BCUT2D eigenvalue weighted by molar-refractivity contribution is -0.125. The predicted octanol–water partition coefficient (Wildman–Crippen LogP) is 4.78. The minimum Gasteiger partial charge on any atom is -0.490 e. The Morgan fingerprint density at radius 3 is 2.53 bits per heavy atom. The number of ether oxygens (including phenoxy) is 1. The van der Waals surface area contributed by atoms with Crippen molar-refractivity contribution in [3.8, 4) is 5.75 Å². The first-order valence-corrected chi connectivity index (χ1v) is 10.5. The van der Waals surface area contributed by atoms with Crippen LogP contribution in [0.25, 0.3) is 0 Å². The lowest BCUT2D eigenvalue weighted by Gasteiger charge is -2.28. The highest BCUT2D eigenvalue weighted by atomic mass is 35.5. The van der Waals surface area contributed by atoms with Crippen LogP contribution in [0.2, 0.25) is 5.02 Å². The van der Waals surface area contributed by atoms with E-state index in [1.165, 1.54) is 4.90 Å². The van der Waals surface area contributed by atoms with E-state index in [4.69, 9.17) is 16.3 Å².